The van der Waals surface area contributed by atoms with Crippen molar-refractivity contribution in [2.45, 2.75) is 33.2 Å². The summed E-state index contributed by atoms with van der Waals surface area (Å²) in [6.45, 7) is 20.0. The van der Waals surface area contributed by atoms with Gasteiger partial charge < -0.3 is 5.32 Å². The molecule has 0 aliphatic carbocycles. The molecule has 16 heavy (non-hydrogen) atoms. The maximum Gasteiger partial charge on any atom is 0.0682 e. The molecule has 2 nitrogen and oxygen atoms in total. The topological polar surface area (TPSA) is 24.4 Å². The van der Waals surface area contributed by atoms with Crippen molar-refractivity contribution in [3.63, 3.8) is 0 Å². The molecule has 0 bridgehead atoms. The van der Waals surface area contributed by atoms with Crippen molar-refractivity contribution in [3.8, 4) is 0 Å². The van der Waals surface area contributed by atoms with Gasteiger partial charge in [0.2, 0.25) is 0 Å². The van der Waals surface area contributed by atoms with Crippen LogP contribution >= 0.6 is 0 Å². The van der Waals surface area contributed by atoms with Crippen LogP contribution in [0.15, 0.2) is 42.1 Å². The second-order valence-corrected chi connectivity index (χ2v) is 4.66. The zero-order chi connectivity index (χ0) is 12.9. The molecule has 2 heteroatoms. The standard InChI is InChI=1S/C14H24N2/c1-9-16-13(10(2)3)11(4)12(5)14(6,7)15-8/h9,12,15H,1-2,4H2,3,5-8H3. The van der Waals surface area contributed by atoms with Crippen LogP contribution in [0.25, 0.3) is 0 Å². The first-order valence-corrected chi connectivity index (χ1v) is 5.50. The zero-order valence-corrected chi connectivity index (χ0v) is 11.2. The average Bonchev–Trinajstić information content (AvgIpc) is 2.23. The van der Waals surface area contributed by atoms with Crippen LogP contribution in [0.2, 0.25) is 0 Å². The van der Waals surface area contributed by atoms with E-state index in [1.165, 1.54) is 6.20 Å². The monoisotopic (exact) mass is 220 g/mol. The smallest absolute Gasteiger partial charge is 0.0682 e. The minimum Gasteiger partial charge on any atom is -0.314 e. The fourth-order valence-corrected chi connectivity index (χ4v) is 1.42. The fraction of sp³-hybridized carbons (Fsp3) is 0.500. The highest BCUT2D eigenvalue weighted by molar-refractivity contribution is 6.11. The zero-order valence-electron chi connectivity index (χ0n) is 11.2. The van der Waals surface area contributed by atoms with Gasteiger partial charge in [-0.05, 0) is 39.0 Å². The Morgan fingerprint density at radius 1 is 1.38 bits per heavy atom. The van der Waals surface area contributed by atoms with Gasteiger partial charge in [0.15, 0.2) is 0 Å². The van der Waals surface area contributed by atoms with Gasteiger partial charge >= 0.3 is 0 Å². The van der Waals surface area contributed by atoms with Crippen LogP contribution in [-0.4, -0.2) is 18.3 Å². The molecule has 1 atom stereocenters. The summed E-state index contributed by atoms with van der Waals surface area (Å²) in [6, 6.07) is 0. The number of nitrogens with one attached hydrogen (secondary N) is 1. The van der Waals surface area contributed by atoms with Crippen molar-refractivity contribution in [1.29, 1.82) is 0 Å². The summed E-state index contributed by atoms with van der Waals surface area (Å²) in [7, 11) is 1.95. The minimum absolute atomic E-state index is 0.0194. The van der Waals surface area contributed by atoms with Gasteiger partial charge in [-0.25, -0.2) is 0 Å². The van der Waals surface area contributed by atoms with E-state index in [4.69, 9.17) is 0 Å². The summed E-state index contributed by atoms with van der Waals surface area (Å²) in [5, 5.41) is 3.29. The van der Waals surface area contributed by atoms with E-state index in [9.17, 15) is 0 Å². The van der Waals surface area contributed by atoms with Gasteiger partial charge in [-0.2, -0.15) is 0 Å². The maximum atomic E-state index is 4.25. The lowest BCUT2D eigenvalue weighted by molar-refractivity contribution is 0.332. The van der Waals surface area contributed by atoms with Crippen molar-refractivity contribution in [1.82, 2.24) is 5.32 Å². The van der Waals surface area contributed by atoms with Crippen molar-refractivity contribution in [3.05, 3.63) is 37.1 Å². The summed E-state index contributed by atoms with van der Waals surface area (Å²) in [4.78, 5) is 4.25. The van der Waals surface area contributed by atoms with E-state index in [1.54, 1.807) is 0 Å². The second-order valence-electron chi connectivity index (χ2n) is 4.66. The molecular weight excluding hydrogens is 196 g/mol. The lowest BCUT2D eigenvalue weighted by Crippen LogP contribution is -2.44. The van der Waals surface area contributed by atoms with Gasteiger partial charge in [0, 0.05) is 17.7 Å². The van der Waals surface area contributed by atoms with Crippen LogP contribution in [0.4, 0.5) is 0 Å². The fourth-order valence-electron chi connectivity index (χ4n) is 1.42. The highest BCUT2D eigenvalue weighted by Crippen LogP contribution is 2.25. The molecule has 0 amide bonds. The number of allylic oxidation sites excluding steroid dienone is 1. The van der Waals surface area contributed by atoms with Crippen LogP contribution < -0.4 is 5.32 Å². The first-order valence-electron chi connectivity index (χ1n) is 5.50. The Hall–Kier alpha value is -1.15. The van der Waals surface area contributed by atoms with Gasteiger partial charge in [0.05, 0.1) is 5.71 Å². The lowest BCUT2D eigenvalue weighted by Gasteiger charge is -2.33. The maximum absolute atomic E-state index is 4.25. The van der Waals surface area contributed by atoms with Crippen LogP contribution in [0, 0.1) is 5.92 Å². The first-order chi connectivity index (χ1) is 7.27. The van der Waals surface area contributed by atoms with Crippen molar-refractivity contribution < 1.29 is 0 Å². The Kier molecular flexibility index (Phi) is 5.39. The molecule has 0 aliphatic heterocycles. The first kappa shape index (κ1) is 14.8. The summed E-state index contributed by atoms with van der Waals surface area (Å²) in [6.07, 6.45) is 1.54. The normalized spacial score (nSPS) is 14.4. The molecule has 0 aromatic heterocycles. The van der Waals surface area contributed by atoms with Crippen LogP contribution in [0.1, 0.15) is 27.7 Å². The third kappa shape index (κ3) is 3.46. The number of hydrogen-bond donors (Lipinski definition) is 1. The van der Waals surface area contributed by atoms with Crippen molar-refractivity contribution >= 4 is 5.71 Å². The molecule has 0 rings (SSSR count). The molecule has 0 aliphatic rings. The Morgan fingerprint density at radius 2 is 1.88 bits per heavy atom. The number of hydrogen-bond acceptors (Lipinski definition) is 2. The molecule has 0 saturated carbocycles. The summed E-state index contributed by atoms with van der Waals surface area (Å²) < 4.78 is 0. The van der Waals surface area contributed by atoms with Crippen LogP contribution in [0.3, 0.4) is 0 Å². The van der Waals surface area contributed by atoms with Crippen LogP contribution in [-0.2, 0) is 0 Å². The molecule has 0 aromatic rings. The number of aliphatic imine (C=N–C) groups is 1. The van der Waals surface area contributed by atoms with E-state index in [-0.39, 0.29) is 11.5 Å². The predicted octanol–water partition coefficient (Wildman–Crippen LogP) is 3.34. The lowest BCUT2D eigenvalue weighted by atomic mass is 9.81. The Morgan fingerprint density at radius 3 is 2.19 bits per heavy atom. The Bertz CT molecular complexity index is 322. The SMILES string of the molecule is C=CN=C(C(=C)C)C(=C)C(C)C(C)(C)NC. The second kappa shape index (κ2) is 5.80. The van der Waals surface area contributed by atoms with Gasteiger partial charge in [0.25, 0.3) is 0 Å². The van der Waals surface area contributed by atoms with Crippen LogP contribution in [0.5, 0.6) is 0 Å². The van der Waals surface area contributed by atoms with Gasteiger partial charge in [-0.1, -0.05) is 26.7 Å². The molecule has 1 unspecified atom stereocenters. The summed E-state index contributed by atoms with van der Waals surface area (Å²) in [5.74, 6) is 0.271. The molecule has 0 aromatic carbocycles. The molecule has 90 valence electrons. The van der Waals surface area contributed by atoms with E-state index >= 15 is 0 Å². The Labute approximate surface area is 99.9 Å². The highest BCUT2D eigenvalue weighted by Gasteiger charge is 2.27. The Balaban J connectivity index is 5.12. The third-order valence-corrected chi connectivity index (χ3v) is 3.18. The molecule has 0 spiro atoms. The van der Waals surface area contributed by atoms with Crippen molar-refractivity contribution in [2.24, 2.45) is 10.9 Å². The van der Waals surface area contributed by atoms with E-state index < -0.39 is 0 Å². The minimum atomic E-state index is -0.0194. The quantitative estimate of drug-likeness (QED) is 0.682. The molecule has 0 saturated heterocycles. The largest absolute Gasteiger partial charge is 0.314 e. The third-order valence-electron chi connectivity index (χ3n) is 3.18. The number of rotatable bonds is 6. The predicted molar refractivity (Wildman–Crippen MR) is 73.9 cm³/mol. The molecule has 0 fully saturated rings. The van der Waals surface area contributed by atoms with E-state index in [2.05, 4.69) is 50.8 Å². The highest BCUT2D eigenvalue weighted by atomic mass is 14.9. The van der Waals surface area contributed by atoms with Gasteiger partial charge in [-0.3, -0.25) is 4.99 Å². The summed E-state index contributed by atoms with van der Waals surface area (Å²) >= 11 is 0. The molecule has 0 heterocycles. The van der Waals surface area contributed by atoms with Crippen molar-refractivity contribution in [2.75, 3.05) is 7.05 Å². The van der Waals surface area contributed by atoms with Gasteiger partial charge in [-0.15, -0.1) is 0 Å². The van der Waals surface area contributed by atoms with Gasteiger partial charge in [0.1, 0.15) is 0 Å². The number of nitrogens with zero attached hydrogens (tertiary/aromatic N) is 1. The van der Waals surface area contributed by atoms with E-state index in [0.717, 1.165) is 16.9 Å². The molecule has 0 radical (unpaired) electrons. The average molecular weight is 220 g/mol. The van der Waals surface area contributed by atoms with E-state index in [0.29, 0.717) is 0 Å². The molecular formula is C14H24N2. The summed E-state index contributed by atoms with van der Waals surface area (Å²) in [5.41, 5.74) is 2.75. The molecule has 1 N–H and O–H groups in total. The van der Waals surface area contributed by atoms with E-state index in [1.807, 2.05) is 14.0 Å².